The second kappa shape index (κ2) is 9.56. The van der Waals surface area contributed by atoms with Crippen LogP contribution in [0.5, 0.6) is 0 Å². The molecule has 3 heteroatoms. The summed E-state index contributed by atoms with van der Waals surface area (Å²) < 4.78 is 1.13. The molecule has 0 aliphatic rings. The van der Waals surface area contributed by atoms with Crippen LogP contribution in [0.1, 0.15) is 40.0 Å². The van der Waals surface area contributed by atoms with Crippen LogP contribution in [0, 0.1) is 12.3 Å². The Morgan fingerprint density at radius 1 is 1.18 bits per heavy atom. The molecule has 0 rings (SSSR count). The second-order valence-corrected chi connectivity index (χ2v) is 5.53. The van der Waals surface area contributed by atoms with Crippen LogP contribution < -0.4 is 0 Å². The third-order valence-electron chi connectivity index (χ3n) is 3.27. The zero-order valence-corrected chi connectivity index (χ0v) is 12.3. The van der Waals surface area contributed by atoms with Crippen molar-refractivity contribution < 1.29 is 9.28 Å². The minimum absolute atomic E-state index is 0.133. The Labute approximate surface area is 111 Å². The Morgan fingerprint density at radius 2 is 1.88 bits per heavy atom. The summed E-state index contributed by atoms with van der Waals surface area (Å²) in [7, 11) is 0. The van der Waals surface area contributed by atoms with Gasteiger partial charge in [0.2, 0.25) is 0 Å². The van der Waals surface area contributed by atoms with Gasteiger partial charge in [0, 0.05) is 0 Å². The fourth-order valence-corrected chi connectivity index (χ4v) is 2.90. The van der Waals surface area contributed by atoms with Gasteiger partial charge in [0.15, 0.2) is 0 Å². The van der Waals surface area contributed by atoms with Crippen molar-refractivity contribution in [1.29, 1.82) is 0 Å². The Bertz CT molecular complexity index is 259. The molecule has 0 bridgehead atoms. The Morgan fingerprint density at radius 3 is 2.35 bits per heavy atom. The molecule has 0 aromatic carbocycles. The van der Waals surface area contributed by atoms with Gasteiger partial charge < -0.3 is 4.48 Å². The average molecular weight is 256 g/mol. The summed E-state index contributed by atoms with van der Waals surface area (Å²) in [6.45, 7) is 11.4. The number of carbonyl (C=O) groups excluding carboxylic acids is 1. The summed E-state index contributed by atoms with van der Waals surface area (Å²) >= 11 is 1.29. The molecular formula is C14H26NOS+. The van der Waals surface area contributed by atoms with Crippen LogP contribution in [-0.4, -0.2) is 41.5 Å². The molecule has 1 atom stereocenters. The van der Waals surface area contributed by atoms with Gasteiger partial charge in [-0.1, -0.05) is 32.0 Å². The van der Waals surface area contributed by atoms with Gasteiger partial charge >= 0.3 is 0 Å². The summed E-state index contributed by atoms with van der Waals surface area (Å²) in [5.74, 6) is 3.01. The fourth-order valence-electron chi connectivity index (χ4n) is 2.15. The number of nitrogens with zero attached hydrogens (tertiary/aromatic N) is 1. The molecule has 0 N–H and O–H groups in total. The number of carbonyl (C=O) groups is 1. The molecule has 1 unspecified atom stereocenters. The van der Waals surface area contributed by atoms with Crippen molar-refractivity contribution in [3.05, 3.63) is 0 Å². The predicted octanol–water partition coefficient (Wildman–Crippen LogP) is 2.93. The van der Waals surface area contributed by atoms with Gasteiger partial charge in [0.1, 0.15) is 0 Å². The molecule has 0 aliphatic carbocycles. The number of terminal acetylenes is 1. The van der Waals surface area contributed by atoms with E-state index in [0.29, 0.717) is 0 Å². The number of hydrogen-bond acceptors (Lipinski definition) is 2. The first-order valence-corrected chi connectivity index (χ1v) is 7.61. The molecule has 0 aromatic rings. The van der Waals surface area contributed by atoms with Crippen LogP contribution in [0.15, 0.2) is 0 Å². The highest BCUT2D eigenvalue weighted by Gasteiger charge is 2.23. The Balaban J connectivity index is 4.25. The number of hydrogen-bond donors (Lipinski definition) is 0. The summed E-state index contributed by atoms with van der Waals surface area (Å²) in [6.07, 6.45) is 8.77. The molecular weight excluding hydrogens is 230 g/mol. The van der Waals surface area contributed by atoms with Crippen molar-refractivity contribution >= 4 is 16.9 Å². The largest absolute Gasteiger partial charge is 0.323 e. The molecule has 0 saturated carbocycles. The average Bonchev–Trinajstić information content (AvgIpc) is 2.35. The smallest absolute Gasteiger partial charge is 0.262 e. The van der Waals surface area contributed by atoms with Crippen LogP contribution in [0.2, 0.25) is 0 Å². The van der Waals surface area contributed by atoms with Gasteiger partial charge in [-0.3, -0.25) is 4.79 Å². The SMILES string of the molecule is C#CC(=O)SCC[N+](CC)(CCC)CCCC. The van der Waals surface area contributed by atoms with Crippen LogP contribution >= 0.6 is 11.8 Å². The van der Waals surface area contributed by atoms with Gasteiger partial charge in [0.25, 0.3) is 5.12 Å². The van der Waals surface area contributed by atoms with Crippen LogP contribution in [0.25, 0.3) is 0 Å². The number of thioether (sulfide) groups is 1. The highest BCUT2D eigenvalue weighted by molar-refractivity contribution is 8.14. The van der Waals surface area contributed by atoms with Crippen molar-refractivity contribution in [2.75, 3.05) is 31.9 Å². The maximum atomic E-state index is 11.1. The molecule has 0 heterocycles. The third kappa shape index (κ3) is 6.75. The zero-order valence-electron chi connectivity index (χ0n) is 11.5. The minimum atomic E-state index is -0.133. The number of unbranched alkanes of at least 4 members (excludes halogenated alkanes) is 1. The van der Waals surface area contributed by atoms with Crippen LogP contribution in [-0.2, 0) is 4.79 Å². The van der Waals surface area contributed by atoms with Crippen molar-refractivity contribution in [3.8, 4) is 12.3 Å². The van der Waals surface area contributed by atoms with Gasteiger partial charge in [-0.05, 0) is 25.7 Å². The van der Waals surface area contributed by atoms with Crippen LogP contribution in [0.4, 0.5) is 0 Å². The van der Waals surface area contributed by atoms with Crippen molar-refractivity contribution in [3.63, 3.8) is 0 Å². The Kier molecular flexibility index (Phi) is 9.30. The van der Waals surface area contributed by atoms with E-state index in [1.807, 2.05) is 0 Å². The number of quaternary nitrogens is 1. The highest BCUT2D eigenvalue weighted by atomic mass is 32.2. The van der Waals surface area contributed by atoms with E-state index >= 15 is 0 Å². The van der Waals surface area contributed by atoms with Gasteiger partial charge in [0.05, 0.1) is 31.9 Å². The fraction of sp³-hybridized carbons (Fsp3) is 0.786. The molecule has 98 valence electrons. The van der Waals surface area contributed by atoms with E-state index in [9.17, 15) is 4.79 Å². The lowest BCUT2D eigenvalue weighted by molar-refractivity contribution is -0.924. The predicted molar refractivity (Wildman–Crippen MR) is 76.9 cm³/mol. The van der Waals surface area contributed by atoms with Crippen molar-refractivity contribution in [2.24, 2.45) is 0 Å². The lowest BCUT2D eigenvalue weighted by atomic mass is 10.2. The molecule has 17 heavy (non-hydrogen) atoms. The van der Waals surface area contributed by atoms with E-state index in [0.717, 1.165) is 23.3 Å². The quantitative estimate of drug-likeness (QED) is 0.466. The topological polar surface area (TPSA) is 17.1 Å². The van der Waals surface area contributed by atoms with Crippen molar-refractivity contribution in [2.45, 2.75) is 40.0 Å². The van der Waals surface area contributed by atoms with Crippen LogP contribution in [0.3, 0.4) is 0 Å². The molecule has 0 fully saturated rings. The summed E-state index contributed by atoms with van der Waals surface area (Å²) in [6, 6.07) is 0. The first kappa shape index (κ1) is 16.5. The highest BCUT2D eigenvalue weighted by Crippen LogP contribution is 2.14. The standard InChI is InChI=1S/C14H26NOS/c1-5-9-11-15(8-4,10-6-2)12-13-17-14(16)7-3/h3H,5-6,8-13H2,1-2,4H3/q+1. The molecule has 0 spiro atoms. The summed E-state index contributed by atoms with van der Waals surface area (Å²) in [5.41, 5.74) is 0. The minimum Gasteiger partial charge on any atom is -0.323 e. The maximum absolute atomic E-state index is 11.1. The summed E-state index contributed by atoms with van der Waals surface area (Å²) in [5, 5.41) is -0.133. The molecule has 0 aliphatic heterocycles. The molecule has 0 saturated heterocycles. The number of rotatable bonds is 9. The maximum Gasteiger partial charge on any atom is 0.262 e. The Hall–Kier alpha value is -0.460. The molecule has 0 aromatic heterocycles. The molecule has 0 radical (unpaired) electrons. The first-order chi connectivity index (χ1) is 8.14. The first-order valence-electron chi connectivity index (χ1n) is 6.62. The summed E-state index contributed by atoms with van der Waals surface area (Å²) in [4.78, 5) is 11.1. The van der Waals surface area contributed by atoms with Crippen molar-refractivity contribution in [1.82, 2.24) is 0 Å². The van der Waals surface area contributed by atoms with Gasteiger partial charge in [-0.15, -0.1) is 6.42 Å². The van der Waals surface area contributed by atoms with E-state index in [1.165, 1.54) is 44.1 Å². The second-order valence-electron chi connectivity index (χ2n) is 4.46. The lowest BCUT2D eigenvalue weighted by Gasteiger charge is -2.37. The van der Waals surface area contributed by atoms with E-state index in [-0.39, 0.29) is 5.12 Å². The molecule has 0 amide bonds. The van der Waals surface area contributed by atoms with E-state index in [2.05, 4.69) is 26.7 Å². The normalized spacial score (nSPS) is 14.0. The van der Waals surface area contributed by atoms with E-state index in [4.69, 9.17) is 6.42 Å². The lowest BCUT2D eigenvalue weighted by Crippen LogP contribution is -2.50. The van der Waals surface area contributed by atoms with Gasteiger partial charge in [-0.2, -0.15) is 0 Å². The molecule has 2 nitrogen and oxygen atoms in total. The third-order valence-corrected chi connectivity index (χ3v) is 4.04. The van der Waals surface area contributed by atoms with Gasteiger partial charge in [-0.25, -0.2) is 0 Å². The monoisotopic (exact) mass is 256 g/mol. The zero-order chi connectivity index (χ0) is 13.1. The van der Waals surface area contributed by atoms with E-state index in [1.54, 1.807) is 0 Å². The van der Waals surface area contributed by atoms with E-state index < -0.39 is 0 Å².